The lowest BCUT2D eigenvalue weighted by Gasteiger charge is -2.57. The zero-order chi connectivity index (χ0) is 15.3. The summed E-state index contributed by atoms with van der Waals surface area (Å²) < 4.78 is 52.6. The number of rotatable bonds is 6. The largest absolute Gasteiger partial charge is 0.311 e. The second kappa shape index (κ2) is 5.10. The minimum absolute atomic E-state index is 0.166. The van der Waals surface area contributed by atoms with Crippen LogP contribution in [0.2, 0.25) is 0 Å². The zero-order valence-electron chi connectivity index (χ0n) is 12.6. The average Bonchev–Trinajstić information content (AvgIpc) is 2.21. The van der Waals surface area contributed by atoms with Crippen LogP contribution in [0.25, 0.3) is 0 Å². The van der Waals surface area contributed by atoms with Gasteiger partial charge >= 0.3 is 0 Å². The summed E-state index contributed by atoms with van der Waals surface area (Å²) in [6, 6.07) is 0. The van der Waals surface area contributed by atoms with Crippen LogP contribution in [0.15, 0.2) is 0 Å². The monoisotopic (exact) mass is 307 g/mol. The van der Waals surface area contributed by atoms with Crippen LogP contribution < -0.4 is 5.32 Å². The van der Waals surface area contributed by atoms with Gasteiger partial charge < -0.3 is 5.32 Å². The molecule has 122 valence electrons. The van der Waals surface area contributed by atoms with Gasteiger partial charge in [0.25, 0.3) is 11.8 Å². The van der Waals surface area contributed by atoms with Crippen molar-refractivity contribution < 1.29 is 17.6 Å². The minimum Gasteiger partial charge on any atom is -0.311 e. The Morgan fingerprint density at radius 3 is 1.86 bits per heavy atom. The van der Waals surface area contributed by atoms with Crippen molar-refractivity contribution >= 4 is 0 Å². The Balaban J connectivity index is 1.51. The summed E-state index contributed by atoms with van der Waals surface area (Å²) in [5.74, 6) is -4.32. The molecule has 4 aliphatic rings. The highest BCUT2D eigenvalue weighted by molar-refractivity contribution is 5.02. The second-order valence-corrected chi connectivity index (χ2v) is 8.12. The van der Waals surface area contributed by atoms with E-state index in [1.165, 1.54) is 19.3 Å². The Bertz CT molecular complexity index is 353. The molecule has 0 amide bonds. The van der Waals surface area contributed by atoms with Crippen molar-refractivity contribution in [1.82, 2.24) is 5.32 Å². The van der Waals surface area contributed by atoms with Crippen molar-refractivity contribution in [2.24, 2.45) is 23.2 Å². The predicted molar refractivity (Wildman–Crippen MR) is 73.7 cm³/mol. The van der Waals surface area contributed by atoms with Gasteiger partial charge in [-0.05, 0) is 68.6 Å². The van der Waals surface area contributed by atoms with Gasteiger partial charge in [0.05, 0.1) is 13.0 Å². The Morgan fingerprint density at radius 1 is 0.952 bits per heavy atom. The van der Waals surface area contributed by atoms with Gasteiger partial charge in [-0.1, -0.05) is 0 Å². The van der Waals surface area contributed by atoms with Crippen LogP contribution in [0.3, 0.4) is 0 Å². The van der Waals surface area contributed by atoms with Crippen LogP contribution in [0.4, 0.5) is 17.6 Å². The Morgan fingerprint density at radius 2 is 1.43 bits per heavy atom. The maximum absolute atomic E-state index is 13.5. The molecule has 0 spiro atoms. The number of hydrogen-bond acceptors (Lipinski definition) is 1. The lowest BCUT2D eigenvalue weighted by Crippen LogP contribution is -2.51. The summed E-state index contributed by atoms with van der Waals surface area (Å²) in [5.41, 5.74) is 0.166. The third-order valence-corrected chi connectivity index (χ3v) is 5.62. The van der Waals surface area contributed by atoms with Crippen LogP contribution in [0.5, 0.6) is 0 Å². The molecule has 21 heavy (non-hydrogen) atoms. The van der Waals surface area contributed by atoms with Crippen molar-refractivity contribution in [1.29, 1.82) is 0 Å². The Labute approximate surface area is 123 Å². The molecule has 0 atom stereocenters. The molecule has 4 fully saturated rings. The molecule has 1 nitrogen and oxygen atoms in total. The predicted octanol–water partition coefficient (Wildman–Crippen LogP) is 4.47. The molecule has 0 unspecified atom stereocenters. The van der Waals surface area contributed by atoms with Gasteiger partial charge in [-0.3, -0.25) is 0 Å². The van der Waals surface area contributed by atoms with Gasteiger partial charge in [-0.25, -0.2) is 17.6 Å². The van der Waals surface area contributed by atoms with Gasteiger partial charge in [0, 0.05) is 6.54 Å². The van der Waals surface area contributed by atoms with E-state index in [4.69, 9.17) is 0 Å². The summed E-state index contributed by atoms with van der Waals surface area (Å²) >= 11 is 0. The number of halogens is 4. The number of hydrogen-bond donors (Lipinski definition) is 1. The first-order valence-corrected chi connectivity index (χ1v) is 8.11. The molecule has 4 saturated carbocycles. The van der Waals surface area contributed by atoms with Crippen molar-refractivity contribution in [2.75, 3.05) is 13.1 Å². The van der Waals surface area contributed by atoms with E-state index < -0.39 is 24.8 Å². The molecule has 0 aromatic heterocycles. The minimum atomic E-state index is -3.33. The van der Waals surface area contributed by atoms with E-state index in [1.54, 1.807) is 0 Å². The first kappa shape index (κ1) is 15.6. The summed E-state index contributed by atoms with van der Waals surface area (Å²) in [7, 11) is 0. The highest BCUT2D eigenvalue weighted by atomic mass is 19.3. The summed E-state index contributed by atoms with van der Waals surface area (Å²) in [6.45, 7) is 0.500. The van der Waals surface area contributed by atoms with E-state index in [9.17, 15) is 17.6 Å². The normalized spacial score (nSPS) is 39.0. The summed E-state index contributed by atoms with van der Waals surface area (Å²) in [4.78, 5) is 0. The SMILES string of the molecule is CC(F)(F)CC(F)(F)CNCC12CC3CC(CC(C3)C1)C2. The summed E-state index contributed by atoms with van der Waals surface area (Å²) in [6.07, 6.45) is 6.00. The third kappa shape index (κ3) is 3.72. The molecule has 4 aliphatic carbocycles. The highest BCUT2D eigenvalue weighted by Gasteiger charge is 2.50. The van der Waals surface area contributed by atoms with Crippen molar-refractivity contribution in [2.45, 2.75) is 63.7 Å². The molecule has 1 N–H and O–H groups in total. The maximum atomic E-state index is 13.5. The van der Waals surface area contributed by atoms with E-state index in [-0.39, 0.29) is 5.41 Å². The van der Waals surface area contributed by atoms with Crippen LogP contribution in [-0.4, -0.2) is 24.9 Å². The zero-order valence-corrected chi connectivity index (χ0v) is 12.6. The number of alkyl halides is 4. The first-order valence-electron chi connectivity index (χ1n) is 8.11. The second-order valence-electron chi connectivity index (χ2n) is 8.12. The van der Waals surface area contributed by atoms with Gasteiger partial charge in [-0.2, -0.15) is 0 Å². The van der Waals surface area contributed by atoms with Crippen LogP contribution in [-0.2, 0) is 0 Å². The van der Waals surface area contributed by atoms with Crippen molar-refractivity contribution in [3.05, 3.63) is 0 Å². The molecule has 4 rings (SSSR count). The Kier molecular flexibility index (Phi) is 3.78. The quantitative estimate of drug-likeness (QED) is 0.714. The molecule has 0 heterocycles. The topological polar surface area (TPSA) is 12.0 Å². The van der Waals surface area contributed by atoms with Gasteiger partial charge in [0.1, 0.15) is 0 Å². The van der Waals surface area contributed by atoms with Gasteiger partial charge in [0.15, 0.2) is 0 Å². The highest BCUT2D eigenvalue weighted by Crippen LogP contribution is 2.59. The molecule has 0 saturated heterocycles. The maximum Gasteiger partial charge on any atom is 0.266 e. The van der Waals surface area contributed by atoms with Gasteiger partial charge in [0.2, 0.25) is 0 Å². The van der Waals surface area contributed by atoms with Crippen LogP contribution in [0.1, 0.15) is 51.9 Å². The fourth-order valence-electron chi connectivity index (χ4n) is 5.53. The summed E-state index contributed by atoms with van der Waals surface area (Å²) in [5, 5.41) is 2.82. The average molecular weight is 307 g/mol. The standard InChI is InChI=1S/C16H25F4N/c1-14(17,18)8-16(19,20)10-21-9-15-5-11-2-12(6-15)4-13(3-11)7-15/h11-13,21H,2-10H2,1H3. The molecule has 0 aliphatic heterocycles. The van der Waals surface area contributed by atoms with E-state index in [0.717, 1.165) is 37.0 Å². The van der Waals surface area contributed by atoms with Crippen LogP contribution >= 0.6 is 0 Å². The van der Waals surface area contributed by atoms with E-state index in [1.807, 2.05) is 0 Å². The first-order chi connectivity index (χ1) is 9.65. The smallest absolute Gasteiger partial charge is 0.266 e. The van der Waals surface area contributed by atoms with Crippen LogP contribution in [0, 0.1) is 23.2 Å². The molecule has 0 aromatic rings. The number of nitrogens with one attached hydrogen (secondary N) is 1. The molecule has 0 radical (unpaired) electrons. The molecule has 0 aromatic carbocycles. The van der Waals surface area contributed by atoms with Crippen molar-refractivity contribution in [3.63, 3.8) is 0 Å². The van der Waals surface area contributed by atoms with Gasteiger partial charge in [-0.15, -0.1) is 0 Å². The molecular weight excluding hydrogens is 282 g/mol. The lowest BCUT2D eigenvalue weighted by atomic mass is 9.49. The van der Waals surface area contributed by atoms with E-state index in [2.05, 4.69) is 5.32 Å². The lowest BCUT2D eigenvalue weighted by molar-refractivity contribution is -0.102. The third-order valence-electron chi connectivity index (χ3n) is 5.62. The molecule has 5 heteroatoms. The fraction of sp³-hybridized carbons (Fsp3) is 1.00. The van der Waals surface area contributed by atoms with Crippen molar-refractivity contribution in [3.8, 4) is 0 Å². The molecular formula is C16H25F4N. The van der Waals surface area contributed by atoms with E-state index in [0.29, 0.717) is 13.5 Å². The Hall–Kier alpha value is -0.320. The molecule has 4 bridgehead atoms. The van der Waals surface area contributed by atoms with E-state index >= 15 is 0 Å². The fourth-order valence-corrected chi connectivity index (χ4v) is 5.53.